The predicted octanol–water partition coefficient (Wildman–Crippen LogP) is 0.0843. The van der Waals surface area contributed by atoms with Crippen LogP contribution in [0.2, 0.25) is 0 Å². The Labute approximate surface area is 105 Å². The van der Waals surface area contributed by atoms with E-state index in [-0.39, 0.29) is 12.0 Å². The van der Waals surface area contributed by atoms with E-state index < -0.39 is 0 Å². The molecule has 0 saturated carbocycles. The maximum absolute atomic E-state index is 11.2. The van der Waals surface area contributed by atoms with E-state index in [1.165, 1.54) is 0 Å². The van der Waals surface area contributed by atoms with E-state index in [0.717, 1.165) is 0 Å². The van der Waals surface area contributed by atoms with Crippen LogP contribution in [0, 0.1) is 0 Å². The maximum Gasteiger partial charge on any atom is 0.265 e. The van der Waals surface area contributed by atoms with Gasteiger partial charge < -0.3 is 14.2 Å². The number of nitrogen functional groups attached to an aromatic ring is 1. The Morgan fingerprint density at radius 2 is 2.06 bits per heavy atom. The molecule has 1 saturated heterocycles. The molecule has 1 fully saturated rings. The van der Waals surface area contributed by atoms with Gasteiger partial charge in [-0.05, 0) is 24.3 Å². The highest BCUT2D eigenvalue weighted by molar-refractivity contribution is 5.93. The molecule has 1 amide bonds. The second-order valence-electron chi connectivity index (χ2n) is 3.88. The summed E-state index contributed by atoms with van der Waals surface area (Å²) in [4.78, 5) is 11.2. The van der Waals surface area contributed by atoms with Crippen molar-refractivity contribution in [2.24, 2.45) is 5.84 Å². The summed E-state index contributed by atoms with van der Waals surface area (Å²) in [7, 11) is 0. The number of ether oxygens (including phenoxy) is 3. The fraction of sp³-hybridized carbons (Fsp3) is 0.417. The van der Waals surface area contributed by atoms with Crippen molar-refractivity contribution in [3.8, 4) is 5.75 Å². The predicted molar refractivity (Wildman–Crippen MR) is 64.1 cm³/mol. The fourth-order valence-electron chi connectivity index (χ4n) is 1.47. The molecule has 18 heavy (non-hydrogen) atoms. The van der Waals surface area contributed by atoms with Crippen molar-refractivity contribution in [3.63, 3.8) is 0 Å². The molecule has 1 aliphatic heterocycles. The van der Waals surface area contributed by atoms with E-state index in [0.29, 0.717) is 37.7 Å². The van der Waals surface area contributed by atoms with Gasteiger partial charge in [0.1, 0.15) is 18.5 Å². The lowest BCUT2D eigenvalue weighted by Crippen LogP contribution is -2.37. The topological polar surface area (TPSA) is 82.8 Å². The number of rotatable bonds is 6. The van der Waals surface area contributed by atoms with Crippen LogP contribution in [0.5, 0.6) is 5.75 Å². The normalized spacial score (nSPS) is 14.9. The Bertz CT molecular complexity index is 390. The number of carbonyl (C=O) groups is 1. The van der Waals surface area contributed by atoms with Gasteiger partial charge in [0.15, 0.2) is 0 Å². The highest BCUT2D eigenvalue weighted by Crippen LogP contribution is 2.12. The van der Waals surface area contributed by atoms with Crippen LogP contribution in [0.1, 0.15) is 10.4 Å². The van der Waals surface area contributed by atoms with Crippen LogP contribution in [-0.2, 0) is 9.47 Å². The fourth-order valence-corrected chi connectivity index (χ4v) is 1.47. The summed E-state index contributed by atoms with van der Waals surface area (Å²) in [6.07, 6.45) is 0.212. The quantitative estimate of drug-likeness (QED) is 0.324. The minimum Gasteiger partial charge on any atom is -0.491 e. The van der Waals surface area contributed by atoms with Gasteiger partial charge in [-0.25, -0.2) is 5.84 Å². The molecule has 0 unspecified atom stereocenters. The number of hydrogen-bond acceptors (Lipinski definition) is 5. The standard InChI is InChI=1S/C12H16N2O4/c13-14-12(15)9-1-3-10(4-2-9)17-5-6-18-11-7-16-8-11/h1-4,11H,5-8,13H2,(H,14,15). The summed E-state index contributed by atoms with van der Waals surface area (Å²) < 4.78 is 15.9. The minimum atomic E-state index is -0.324. The number of hydrazine groups is 1. The van der Waals surface area contributed by atoms with Gasteiger partial charge in [0, 0.05) is 5.56 Å². The van der Waals surface area contributed by atoms with Gasteiger partial charge in [0.25, 0.3) is 5.91 Å². The van der Waals surface area contributed by atoms with Gasteiger partial charge in [0.05, 0.1) is 19.8 Å². The molecule has 0 aliphatic carbocycles. The largest absolute Gasteiger partial charge is 0.491 e. The van der Waals surface area contributed by atoms with Crippen molar-refractivity contribution >= 4 is 5.91 Å². The monoisotopic (exact) mass is 252 g/mol. The lowest BCUT2D eigenvalue weighted by Gasteiger charge is -2.25. The van der Waals surface area contributed by atoms with Crippen molar-refractivity contribution < 1.29 is 19.0 Å². The Kier molecular flexibility index (Phi) is 4.52. The molecule has 3 N–H and O–H groups in total. The highest BCUT2D eigenvalue weighted by atomic mass is 16.6. The molecule has 1 aromatic rings. The van der Waals surface area contributed by atoms with Crippen LogP contribution in [0.25, 0.3) is 0 Å². The summed E-state index contributed by atoms with van der Waals surface area (Å²) in [5.41, 5.74) is 2.56. The lowest BCUT2D eigenvalue weighted by atomic mass is 10.2. The first-order valence-electron chi connectivity index (χ1n) is 5.73. The first-order chi connectivity index (χ1) is 8.79. The van der Waals surface area contributed by atoms with Crippen LogP contribution in [-0.4, -0.2) is 38.4 Å². The molecule has 0 radical (unpaired) electrons. The molecule has 0 atom stereocenters. The van der Waals surface area contributed by atoms with E-state index in [2.05, 4.69) is 5.43 Å². The summed E-state index contributed by atoms with van der Waals surface area (Å²) >= 11 is 0. The first kappa shape index (κ1) is 12.8. The van der Waals surface area contributed by atoms with Crippen molar-refractivity contribution in [3.05, 3.63) is 29.8 Å². The Morgan fingerprint density at radius 1 is 1.33 bits per heavy atom. The average molecular weight is 252 g/mol. The van der Waals surface area contributed by atoms with Crippen LogP contribution in [0.15, 0.2) is 24.3 Å². The van der Waals surface area contributed by atoms with Gasteiger partial charge in [-0.2, -0.15) is 0 Å². The van der Waals surface area contributed by atoms with Crippen LogP contribution < -0.4 is 16.0 Å². The molecule has 0 aromatic heterocycles. The number of hydrogen-bond donors (Lipinski definition) is 2. The van der Waals surface area contributed by atoms with Crippen molar-refractivity contribution in [1.82, 2.24) is 5.43 Å². The molecule has 0 spiro atoms. The highest BCUT2D eigenvalue weighted by Gasteiger charge is 2.18. The third-order valence-corrected chi connectivity index (χ3v) is 2.56. The SMILES string of the molecule is NNC(=O)c1ccc(OCCOC2COC2)cc1. The van der Waals surface area contributed by atoms with E-state index >= 15 is 0 Å². The van der Waals surface area contributed by atoms with E-state index in [1.807, 2.05) is 0 Å². The Hall–Kier alpha value is -1.63. The number of benzene rings is 1. The lowest BCUT2D eigenvalue weighted by molar-refractivity contribution is -0.132. The minimum absolute atomic E-state index is 0.212. The van der Waals surface area contributed by atoms with E-state index in [4.69, 9.17) is 20.1 Å². The van der Waals surface area contributed by atoms with Gasteiger partial charge in [0.2, 0.25) is 0 Å². The third kappa shape index (κ3) is 3.43. The number of nitrogens with two attached hydrogens (primary N) is 1. The van der Waals surface area contributed by atoms with Gasteiger partial charge in [-0.3, -0.25) is 10.2 Å². The second kappa shape index (κ2) is 6.34. The van der Waals surface area contributed by atoms with E-state index in [9.17, 15) is 4.79 Å². The molecule has 0 bridgehead atoms. The molecule has 98 valence electrons. The molecule has 6 nitrogen and oxygen atoms in total. The van der Waals surface area contributed by atoms with Crippen molar-refractivity contribution in [2.75, 3.05) is 26.4 Å². The summed E-state index contributed by atoms with van der Waals surface area (Å²) in [6.45, 7) is 2.34. The van der Waals surface area contributed by atoms with Gasteiger partial charge in [-0.1, -0.05) is 0 Å². The van der Waals surface area contributed by atoms with Crippen LogP contribution >= 0.6 is 0 Å². The number of amides is 1. The molecular formula is C12H16N2O4. The van der Waals surface area contributed by atoms with Gasteiger partial charge >= 0.3 is 0 Å². The number of carbonyl (C=O) groups excluding carboxylic acids is 1. The third-order valence-electron chi connectivity index (χ3n) is 2.56. The zero-order chi connectivity index (χ0) is 12.8. The number of nitrogens with one attached hydrogen (secondary N) is 1. The van der Waals surface area contributed by atoms with Crippen LogP contribution in [0.4, 0.5) is 0 Å². The van der Waals surface area contributed by atoms with E-state index in [1.54, 1.807) is 24.3 Å². The average Bonchev–Trinajstić information content (AvgIpc) is 2.36. The molecule has 1 aliphatic rings. The first-order valence-corrected chi connectivity index (χ1v) is 5.73. The summed E-state index contributed by atoms with van der Waals surface area (Å²) in [6, 6.07) is 6.74. The molecule has 6 heteroatoms. The maximum atomic E-state index is 11.2. The molecule has 1 aromatic carbocycles. The van der Waals surface area contributed by atoms with Gasteiger partial charge in [-0.15, -0.1) is 0 Å². The Morgan fingerprint density at radius 3 is 2.61 bits per heavy atom. The molecular weight excluding hydrogens is 236 g/mol. The summed E-state index contributed by atoms with van der Waals surface area (Å²) in [5, 5.41) is 0. The smallest absolute Gasteiger partial charge is 0.265 e. The summed E-state index contributed by atoms with van der Waals surface area (Å²) in [5.74, 6) is 5.40. The Balaban J connectivity index is 1.70. The van der Waals surface area contributed by atoms with Crippen molar-refractivity contribution in [2.45, 2.75) is 6.10 Å². The zero-order valence-corrected chi connectivity index (χ0v) is 9.93. The molecule has 1 heterocycles. The van der Waals surface area contributed by atoms with Crippen LogP contribution in [0.3, 0.4) is 0 Å². The second-order valence-corrected chi connectivity index (χ2v) is 3.88. The van der Waals surface area contributed by atoms with Crippen molar-refractivity contribution in [1.29, 1.82) is 0 Å². The zero-order valence-electron chi connectivity index (χ0n) is 9.93. The molecule has 2 rings (SSSR count).